The van der Waals surface area contributed by atoms with E-state index < -0.39 is 0 Å². The van der Waals surface area contributed by atoms with Crippen LogP contribution in [0.2, 0.25) is 0 Å². The summed E-state index contributed by atoms with van der Waals surface area (Å²) >= 11 is 0. The predicted molar refractivity (Wildman–Crippen MR) is 133 cm³/mol. The SMILES string of the molecule is Cc1cccc(-c2nccc(Nc3ccnc(Cc4ccc(C(=O)NCC5CNC5)cc4)n3)n2)n1. The molecule has 176 valence electrons. The molecule has 0 saturated carbocycles. The van der Waals surface area contributed by atoms with Gasteiger partial charge in [-0.1, -0.05) is 18.2 Å². The Morgan fingerprint density at radius 2 is 1.71 bits per heavy atom. The van der Waals surface area contributed by atoms with Gasteiger partial charge in [-0.05, 0) is 48.9 Å². The highest BCUT2D eigenvalue weighted by Crippen LogP contribution is 2.17. The number of benzene rings is 1. The van der Waals surface area contributed by atoms with Crippen molar-refractivity contribution in [1.29, 1.82) is 0 Å². The molecule has 4 heterocycles. The number of hydrogen-bond acceptors (Lipinski definition) is 8. The van der Waals surface area contributed by atoms with Crippen LogP contribution in [-0.2, 0) is 6.42 Å². The summed E-state index contributed by atoms with van der Waals surface area (Å²) in [6.07, 6.45) is 3.96. The van der Waals surface area contributed by atoms with E-state index in [2.05, 4.69) is 40.9 Å². The third-order valence-corrected chi connectivity index (χ3v) is 5.73. The summed E-state index contributed by atoms with van der Waals surface area (Å²) in [6, 6.07) is 16.9. The van der Waals surface area contributed by atoms with Gasteiger partial charge < -0.3 is 16.0 Å². The normalized spacial score (nSPS) is 13.2. The Kier molecular flexibility index (Phi) is 6.67. The number of pyridine rings is 1. The molecule has 4 aromatic rings. The lowest BCUT2D eigenvalue weighted by molar-refractivity contribution is 0.0942. The standard InChI is InChI=1S/C26H26N8O/c1-17-3-2-4-21(31-17)25-29-12-10-23(34-25)32-22-9-11-28-24(33-22)13-18-5-7-20(8-6-18)26(35)30-16-19-14-27-15-19/h2-12,19,27H,13-16H2,1H3,(H,30,35)(H,28,29,32,33,34). The minimum absolute atomic E-state index is 0.0454. The van der Waals surface area contributed by atoms with Crippen LogP contribution < -0.4 is 16.0 Å². The van der Waals surface area contributed by atoms with E-state index in [-0.39, 0.29) is 5.91 Å². The maximum Gasteiger partial charge on any atom is 0.251 e. The number of amides is 1. The van der Waals surface area contributed by atoms with Gasteiger partial charge in [0.2, 0.25) is 0 Å². The highest BCUT2D eigenvalue weighted by molar-refractivity contribution is 5.94. The lowest BCUT2D eigenvalue weighted by Gasteiger charge is -2.27. The van der Waals surface area contributed by atoms with Crippen molar-refractivity contribution in [2.45, 2.75) is 13.3 Å². The summed E-state index contributed by atoms with van der Waals surface area (Å²) in [5.41, 5.74) is 3.30. The van der Waals surface area contributed by atoms with Crippen LogP contribution in [0.1, 0.15) is 27.4 Å². The molecular weight excluding hydrogens is 440 g/mol. The van der Waals surface area contributed by atoms with E-state index in [1.54, 1.807) is 24.5 Å². The van der Waals surface area contributed by atoms with Crippen LogP contribution in [0.25, 0.3) is 11.5 Å². The quantitative estimate of drug-likeness (QED) is 0.363. The number of aromatic nitrogens is 5. The molecule has 0 spiro atoms. The number of rotatable bonds is 8. The lowest BCUT2D eigenvalue weighted by atomic mass is 10.0. The first-order valence-electron chi connectivity index (χ1n) is 11.6. The van der Waals surface area contributed by atoms with E-state index in [0.29, 0.717) is 53.4 Å². The summed E-state index contributed by atoms with van der Waals surface area (Å²) in [6.45, 7) is 4.58. The van der Waals surface area contributed by atoms with Crippen molar-refractivity contribution in [3.8, 4) is 11.5 Å². The van der Waals surface area contributed by atoms with Gasteiger partial charge in [-0.3, -0.25) is 4.79 Å². The molecule has 5 rings (SSSR count). The average Bonchev–Trinajstić information content (AvgIpc) is 2.84. The summed E-state index contributed by atoms with van der Waals surface area (Å²) in [5, 5.41) is 9.42. The van der Waals surface area contributed by atoms with Gasteiger partial charge in [-0.15, -0.1) is 0 Å². The molecule has 1 aromatic carbocycles. The first-order valence-corrected chi connectivity index (χ1v) is 11.6. The van der Waals surface area contributed by atoms with Gasteiger partial charge in [0.25, 0.3) is 5.91 Å². The third kappa shape index (κ3) is 5.82. The molecule has 0 atom stereocenters. The highest BCUT2D eigenvalue weighted by atomic mass is 16.1. The first-order chi connectivity index (χ1) is 17.1. The van der Waals surface area contributed by atoms with Gasteiger partial charge in [0, 0.05) is 55.6 Å². The van der Waals surface area contributed by atoms with E-state index in [9.17, 15) is 4.79 Å². The smallest absolute Gasteiger partial charge is 0.251 e. The zero-order valence-corrected chi connectivity index (χ0v) is 19.4. The summed E-state index contributed by atoms with van der Waals surface area (Å²) in [7, 11) is 0. The predicted octanol–water partition coefficient (Wildman–Crippen LogP) is 2.92. The van der Waals surface area contributed by atoms with Crippen LogP contribution >= 0.6 is 0 Å². The van der Waals surface area contributed by atoms with Gasteiger partial charge in [0.1, 0.15) is 23.2 Å². The van der Waals surface area contributed by atoms with Crippen LogP contribution in [0.15, 0.2) is 67.0 Å². The van der Waals surface area contributed by atoms with Crippen molar-refractivity contribution in [1.82, 2.24) is 35.6 Å². The number of aryl methyl sites for hydroxylation is 1. The largest absolute Gasteiger partial charge is 0.352 e. The third-order valence-electron chi connectivity index (χ3n) is 5.73. The van der Waals surface area contributed by atoms with Gasteiger partial charge in [0.05, 0.1) is 0 Å². The summed E-state index contributed by atoms with van der Waals surface area (Å²) in [4.78, 5) is 34.7. The molecule has 0 radical (unpaired) electrons. The van der Waals surface area contributed by atoms with Crippen molar-refractivity contribution in [3.63, 3.8) is 0 Å². The molecule has 1 aliphatic heterocycles. The van der Waals surface area contributed by atoms with E-state index >= 15 is 0 Å². The van der Waals surface area contributed by atoms with Crippen molar-refractivity contribution in [3.05, 3.63) is 89.6 Å². The van der Waals surface area contributed by atoms with Crippen LogP contribution in [0.4, 0.5) is 11.6 Å². The minimum Gasteiger partial charge on any atom is -0.352 e. The van der Waals surface area contributed by atoms with E-state index in [1.807, 2.05) is 49.4 Å². The van der Waals surface area contributed by atoms with Gasteiger partial charge in [0.15, 0.2) is 5.82 Å². The van der Waals surface area contributed by atoms with Gasteiger partial charge in [-0.2, -0.15) is 0 Å². The molecule has 1 aliphatic rings. The maximum absolute atomic E-state index is 12.3. The van der Waals surface area contributed by atoms with Gasteiger partial charge >= 0.3 is 0 Å². The molecular formula is C26H26N8O. The molecule has 0 aliphatic carbocycles. The van der Waals surface area contributed by atoms with Crippen LogP contribution in [-0.4, -0.2) is 50.5 Å². The van der Waals surface area contributed by atoms with Crippen molar-refractivity contribution >= 4 is 17.5 Å². The minimum atomic E-state index is -0.0454. The Labute approximate surface area is 203 Å². The van der Waals surface area contributed by atoms with E-state index in [0.717, 1.165) is 24.3 Å². The second-order valence-electron chi connectivity index (χ2n) is 8.52. The fourth-order valence-corrected chi connectivity index (χ4v) is 3.69. The molecule has 9 heteroatoms. The first kappa shape index (κ1) is 22.5. The van der Waals surface area contributed by atoms with Crippen molar-refractivity contribution in [2.24, 2.45) is 5.92 Å². The van der Waals surface area contributed by atoms with Crippen molar-refractivity contribution < 1.29 is 4.79 Å². The zero-order chi connectivity index (χ0) is 24.0. The topological polar surface area (TPSA) is 118 Å². The molecule has 1 fully saturated rings. The number of nitrogens with zero attached hydrogens (tertiary/aromatic N) is 5. The number of anilines is 2. The summed E-state index contributed by atoms with van der Waals surface area (Å²) < 4.78 is 0. The Bertz CT molecular complexity index is 1320. The van der Waals surface area contributed by atoms with E-state index in [1.165, 1.54) is 0 Å². The number of carbonyl (C=O) groups is 1. The Hall–Kier alpha value is -4.24. The fourth-order valence-electron chi connectivity index (χ4n) is 3.69. The number of carbonyl (C=O) groups excluding carboxylic acids is 1. The van der Waals surface area contributed by atoms with E-state index in [4.69, 9.17) is 0 Å². The number of nitrogens with one attached hydrogen (secondary N) is 3. The molecule has 3 aromatic heterocycles. The molecule has 0 bridgehead atoms. The van der Waals surface area contributed by atoms with Crippen LogP contribution in [0.3, 0.4) is 0 Å². The van der Waals surface area contributed by atoms with Gasteiger partial charge in [-0.25, -0.2) is 24.9 Å². The maximum atomic E-state index is 12.3. The summed E-state index contributed by atoms with van der Waals surface area (Å²) in [5.74, 6) is 2.95. The Morgan fingerprint density at radius 1 is 0.943 bits per heavy atom. The van der Waals surface area contributed by atoms with Crippen LogP contribution in [0, 0.1) is 12.8 Å². The molecule has 1 saturated heterocycles. The zero-order valence-electron chi connectivity index (χ0n) is 19.4. The fraction of sp³-hybridized carbons (Fsp3) is 0.231. The monoisotopic (exact) mass is 466 g/mol. The van der Waals surface area contributed by atoms with Crippen LogP contribution in [0.5, 0.6) is 0 Å². The van der Waals surface area contributed by atoms with Crippen molar-refractivity contribution in [2.75, 3.05) is 25.0 Å². The Balaban J connectivity index is 1.22. The molecule has 0 unspecified atom stereocenters. The highest BCUT2D eigenvalue weighted by Gasteiger charge is 2.17. The lowest BCUT2D eigenvalue weighted by Crippen LogP contribution is -2.48. The molecule has 9 nitrogen and oxygen atoms in total. The molecule has 35 heavy (non-hydrogen) atoms. The molecule has 3 N–H and O–H groups in total. The molecule has 1 amide bonds. The number of hydrogen-bond donors (Lipinski definition) is 3. The Morgan fingerprint density at radius 3 is 2.46 bits per heavy atom. The average molecular weight is 467 g/mol. The second-order valence-corrected chi connectivity index (χ2v) is 8.52. The second kappa shape index (κ2) is 10.4.